The number of aromatic nitrogens is 2. The van der Waals surface area contributed by atoms with Gasteiger partial charge < -0.3 is 11.6 Å². The zero-order chi connectivity index (χ0) is 23.9. The summed E-state index contributed by atoms with van der Waals surface area (Å²) in [5.74, 6) is 0.219. The number of likely N-dealkylation sites (tertiary alicyclic amines) is 1. The van der Waals surface area contributed by atoms with Crippen molar-refractivity contribution in [3.63, 3.8) is 0 Å². The summed E-state index contributed by atoms with van der Waals surface area (Å²) in [6.45, 7) is 2.19. The molecule has 0 bridgehead atoms. The zero-order valence-electron chi connectivity index (χ0n) is 22.0. The summed E-state index contributed by atoms with van der Waals surface area (Å²) < 4.78 is 32.1. The van der Waals surface area contributed by atoms with Gasteiger partial charge >= 0.3 is 45.8 Å². The molecular formula is C24H35N6NaO3S. The number of rotatable bonds is 6. The number of nitrogens with zero attached hydrogens (tertiary/aromatic N) is 4. The Balaban J connectivity index is 0.00000180. The third-order valence-corrected chi connectivity index (χ3v) is 8.85. The van der Waals surface area contributed by atoms with Crippen LogP contribution in [0.1, 0.15) is 49.4 Å². The number of hydrogen-bond acceptors (Lipinski definition) is 5. The van der Waals surface area contributed by atoms with Crippen LogP contribution in [0.15, 0.2) is 18.5 Å². The van der Waals surface area contributed by atoms with E-state index in [-0.39, 0.29) is 36.9 Å². The van der Waals surface area contributed by atoms with Crippen LogP contribution in [-0.4, -0.2) is 55.8 Å². The van der Waals surface area contributed by atoms with Crippen molar-refractivity contribution in [1.82, 2.24) is 19.4 Å². The number of urea groups is 1. The number of carbonyl (C=O) groups is 1. The maximum Gasteiger partial charge on any atom is 1.00 e. The van der Waals surface area contributed by atoms with Crippen LogP contribution < -0.4 is 43.9 Å². The first kappa shape index (κ1) is 26.5. The fourth-order valence-corrected chi connectivity index (χ4v) is 6.81. The molecular weight excluding hydrogens is 475 g/mol. The second kappa shape index (κ2) is 10.8. The van der Waals surface area contributed by atoms with E-state index in [0.29, 0.717) is 12.2 Å². The topological polar surface area (TPSA) is 99.6 Å². The molecule has 35 heavy (non-hydrogen) atoms. The molecule has 1 saturated heterocycles. The van der Waals surface area contributed by atoms with Crippen LogP contribution in [0.2, 0.25) is 0 Å². The second-order valence-electron chi connectivity index (χ2n) is 9.95. The van der Waals surface area contributed by atoms with Crippen LogP contribution in [0.3, 0.4) is 0 Å². The Bertz CT molecular complexity index is 1160. The van der Waals surface area contributed by atoms with Crippen LogP contribution in [-0.2, 0) is 42.9 Å². The van der Waals surface area contributed by atoms with Gasteiger partial charge in [-0.25, -0.2) is 13.8 Å². The average molecular weight is 511 g/mol. The van der Waals surface area contributed by atoms with Crippen molar-refractivity contribution in [2.45, 2.75) is 51.4 Å². The molecule has 1 aromatic heterocycles. The number of hydrogen-bond donors (Lipinski definition) is 2. The summed E-state index contributed by atoms with van der Waals surface area (Å²) in [5, 5.41) is 7.09. The van der Waals surface area contributed by atoms with Crippen molar-refractivity contribution < 1.29 is 44.2 Å². The van der Waals surface area contributed by atoms with Gasteiger partial charge in [-0.3, -0.25) is 4.68 Å². The molecule has 0 unspecified atom stereocenters. The predicted octanol–water partition coefficient (Wildman–Crippen LogP) is -0.271. The molecule has 2 aliphatic carbocycles. The standard InChI is InChI=1S/C24H34N6O3S.Na.H/c1-28-11-9-17(10-12-28)15-30(20-14-25-29(2)16-20)34(32,33)27-24(31)26-23-21-7-3-5-18(21)13-19-6-4-8-22(19)23;;/h13-14,16-17H,3-12,15H2,1-2H3,(H2,26,27,31);;/q;+1;-1. The van der Waals surface area contributed by atoms with E-state index in [9.17, 15) is 13.2 Å². The van der Waals surface area contributed by atoms with Crippen LogP contribution in [0.5, 0.6) is 0 Å². The maximum atomic E-state index is 13.5. The molecule has 0 spiro atoms. The van der Waals surface area contributed by atoms with Crippen LogP contribution in [0, 0.1) is 5.92 Å². The molecule has 0 atom stereocenters. The van der Waals surface area contributed by atoms with E-state index in [2.05, 4.69) is 33.2 Å². The monoisotopic (exact) mass is 510 g/mol. The largest absolute Gasteiger partial charge is 1.00 e. The fourth-order valence-electron chi connectivity index (χ4n) is 5.64. The Hall–Kier alpha value is -1.59. The normalized spacial score (nSPS) is 18.0. The Kier molecular flexibility index (Phi) is 8.17. The number of nitrogens with one attached hydrogen (secondary N) is 2. The van der Waals surface area contributed by atoms with Gasteiger partial charge in [0.1, 0.15) is 0 Å². The molecule has 5 rings (SSSR count). The summed E-state index contributed by atoms with van der Waals surface area (Å²) >= 11 is 0. The quantitative estimate of drug-likeness (QED) is 0.522. The molecule has 0 radical (unpaired) electrons. The Morgan fingerprint density at radius 3 is 2.31 bits per heavy atom. The van der Waals surface area contributed by atoms with Crippen LogP contribution in [0.4, 0.5) is 16.2 Å². The fraction of sp³-hybridized carbons (Fsp3) is 0.583. The molecule has 1 aliphatic heterocycles. The van der Waals surface area contributed by atoms with Gasteiger partial charge in [0.2, 0.25) is 0 Å². The third-order valence-electron chi connectivity index (χ3n) is 7.46. The van der Waals surface area contributed by atoms with Crippen LogP contribution in [0.25, 0.3) is 0 Å². The predicted molar refractivity (Wildman–Crippen MR) is 133 cm³/mol. The number of carbonyl (C=O) groups excluding carboxylic acids is 1. The molecule has 3 aliphatic rings. The van der Waals surface area contributed by atoms with E-state index in [1.54, 1.807) is 17.9 Å². The number of fused-ring (bicyclic) bond motifs is 2. The Morgan fingerprint density at radius 1 is 1.11 bits per heavy atom. The summed E-state index contributed by atoms with van der Waals surface area (Å²) in [6, 6.07) is 1.59. The molecule has 2 amide bonds. The number of piperidine rings is 1. The Morgan fingerprint density at radius 2 is 1.74 bits per heavy atom. The van der Waals surface area contributed by atoms with Crippen LogP contribution >= 0.6 is 0 Å². The Labute approximate surface area is 231 Å². The van der Waals surface area contributed by atoms with E-state index < -0.39 is 16.2 Å². The van der Waals surface area contributed by atoms with Gasteiger partial charge in [-0.15, -0.1) is 0 Å². The van der Waals surface area contributed by atoms with E-state index in [1.807, 2.05) is 0 Å². The SMILES string of the molecule is CN1CCC(CN(c2cnn(C)c2)S(=O)(=O)NC(=O)Nc2c3c(cc4c2CCC4)CCC3)CC1.[H-].[Na+]. The molecule has 2 heterocycles. The molecule has 1 fully saturated rings. The van der Waals surface area contributed by atoms with Gasteiger partial charge in [-0.1, -0.05) is 6.07 Å². The van der Waals surface area contributed by atoms with E-state index in [1.165, 1.54) is 32.8 Å². The minimum Gasteiger partial charge on any atom is -1.00 e. The molecule has 2 N–H and O–H groups in total. The molecule has 1 aromatic carbocycles. The van der Waals surface area contributed by atoms with Crippen molar-refractivity contribution in [2.24, 2.45) is 13.0 Å². The average Bonchev–Trinajstić information content (AvgIpc) is 3.53. The van der Waals surface area contributed by atoms with Gasteiger partial charge in [-0.05, 0) is 99.7 Å². The van der Waals surface area contributed by atoms with Crippen molar-refractivity contribution in [2.75, 3.05) is 36.3 Å². The first-order valence-electron chi connectivity index (χ1n) is 12.3. The maximum absolute atomic E-state index is 13.5. The number of aryl methyl sites for hydroxylation is 3. The molecule has 186 valence electrons. The van der Waals surface area contributed by atoms with Gasteiger partial charge in [-0.2, -0.15) is 13.5 Å². The van der Waals surface area contributed by atoms with Gasteiger partial charge in [0.25, 0.3) is 0 Å². The van der Waals surface area contributed by atoms with E-state index >= 15 is 0 Å². The van der Waals surface area contributed by atoms with E-state index in [4.69, 9.17) is 0 Å². The number of amides is 2. The molecule has 0 saturated carbocycles. The smallest absolute Gasteiger partial charge is 1.00 e. The molecule has 11 heteroatoms. The number of benzene rings is 1. The summed E-state index contributed by atoms with van der Waals surface area (Å²) in [7, 11) is -0.289. The third kappa shape index (κ3) is 5.72. The second-order valence-corrected chi connectivity index (χ2v) is 11.5. The summed E-state index contributed by atoms with van der Waals surface area (Å²) in [5.41, 5.74) is 6.21. The minimum atomic E-state index is -4.12. The summed E-state index contributed by atoms with van der Waals surface area (Å²) in [4.78, 5) is 15.3. The summed E-state index contributed by atoms with van der Waals surface area (Å²) in [6.07, 6.45) is 11.0. The zero-order valence-corrected chi connectivity index (χ0v) is 23.8. The van der Waals surface area contributed by atoms with Gasteiger partial charge in [0.15, 0.2) is 0 Å². The van der Waals surface area contributed by atoms with Crippen molar-refractivity contribution >= 4 is 27.6 Å². The van der Waals surface area contributed by atoms with E-state index in [0.717, 1.165) is 70.1 Å². The first-order chi connectivity index (χ1) is 16.3. The van der Waals surface area contributed by atoms with Crippen molar-refractivity contribution in [1.29, 1.82) is 0 Å². The van der Waals surface area contributed by atoms with Gasteiger partial charge in [0, 0.05) is 25.5 Å². The minimum absolute atomic E-state index is 0. The van der Waals surface area contributed by atoms with Crippen molar-refractivity contribution in [3.05, 3.63) is 40.7 Å². The molecule has 2 aromatic rings. The van der Waals surface area contributed by atoms with Crippen molar-refractivity contribution in [3.8, 4) is 0 Å². The van der Waals surface area contributed by atoms with Gasteiger partial charge in [0.05, 0.1) is 11.9 Å². The number of anilines is 2. The first-order valence-corrected chi connectivity index (χ1v) is 13.7. The molecule has 9 nitrogen and oxygen atoms in total.